The van der Waals surface area contributed by atoms with Crippen LogP contribution in [0.4, 0.5) is 11.4 Å². The number of anilines is 2. The Balaban J connectivity index is 1.35. The van der Waals surface area contributed by atoms with Crippen molar-refractivity contribution in [1.82, 2.24) is 0 Å². The molecular formula is C27H26Cl2N2O5. The van der Waals surface area contributed by atoms with Crippen molar-refractivity contribution in [3.63, 3.8) is 0 Å². The SMILES string of the molecule is Cc1ccc(Oc2ccc(NC(=O)CCCC(=O)OCC(=O)Nc3cccc(Cl)c3Cl)cc2)cc1C. The molecule has 0 saturated heterocycles. The monoisotopic (exact) mass is 528 g/mol. The fraction of sp³-hybridized carbons (Fsp3) is 0.222. The predicted molar refractivity (Wildman–Crippen MR) is 141 cm³/mol. The number of esters is 1. The van der Waals surface area contributed by atoms with Gasteiger partial charge in [-0.05, 0) is 79.9 Å². The molecule has 3 rings (SSSR count). The molecule has 0 radical (unpaired) electrons. The summed E-state index contributed by atoms with van der Waals surface area (Å²) in [6.07, 6.45) is 0.405. The summed E-state index contributed by atoms with van der Waals surface area (Å²) in [7, 11) is 0. The van der Waals surface area contributed by atoms with E-state index in [9.17, 15) is 14.4 Å². The van der Waals surface area contributed by atoms with Crippen molar-refractivity contribution in [2.75, 3.05) is 17.2 Å². The van der Waals surface area contributed by atoms with Gasteiger partial charge in [0.05, 0.1) is 15.7 Å². The Bertz CT molecular complexity index is 1250. The normalized spacial score (nSPS) is 10.4. The molecule has 0 unspecified atom stereocenters. The molecule has 0 aliphatic heterocycles. The first kappa shape index (κ1) is 27.0. The Morgan fingerprint density at radius 2 is 1.53 bits per heavy atom. The first-order chi connectivity index (χ1) is 17.2. The van der Waals surface area contributed by atoms with Crippen LogP contribution in [0.5, 0.6) is 11.5 Å². The Kier molecular flexibility index (Phi) is 9.73. The summed E-state index contributed by atoms with van der Waals surface area (Å²) in [4.78, 5) is 36.0. The minimum absolute atomic E-state index is 0.00135. The van der Waals surface area contributed by atoms with Gasteiger partial charge in [-0.25, -0.2) is 0 Å². The van der Waals surface area contributed by atoms with Gasteiger partial charge in [-0.3, -0.25) is 14.4 Å². The highest BCUT2D eigenvalue weighted by atomic mass is 35.5. The zero-order chi connectivity index (χ0) is 26.1. The molecule has 0 fully saturated rings. The molecule has 3 aromatic rings. The number of amides is 2. The summed E-state index contributed by atoms with van der Waals surface area (Å²) >= 11 is 11.9. The van der Waals surface area contributed by atoms with Crippen LogP contribution < -0.4 is 15.4 Å². The lowest BCUT2D eigenvalue weighted by Gasteiger charge is -2.10. The number of rotatable bonds is 10. The van der Waals surface area contributed by atoms with Crippen molar-refractivity contribution in [1.29, 1.82) is 0 Å². The number of nitrogens with one attached hydrogen (secondary N) is 2. The second-order valence-electron chi connectivity index (χ2n) is 8.08. The fourth-order valence-electron chi connectivity index (χ4n) is 3.14. The predicted octanol–water partition coefficient (Wildman–Crippen LogP) is 6.69. The third-order valence-electron chi connectivity index (χ3n) is 5.23. The van der Waals surface area contributed by atoms with Crippen LogP contribution in [0.25, 0.3) is 0 Å². The van der Waals surface area contributed by atoms with Crippen molar-refractivity contribution in [3.05, 3.63) is 81.8 Å². The average molecular weight is 529 g/mol. The van der Waals surface area contributed by atoms with Gasteiger partial charge in [-0.1, -0.05) is 35.3 Å². The van der Waals surface area contributed by atoms with Crippen LogP contribution in [0.15, 0.2) is 60.7 Å². The minimum atomic E-state index is -0.581. The number of benzene rings is 3. The molecule has 0 heterocycles. The second-order valence-corrected chi connectivity index (χ2v) is 8.87. The van der Waals surface area contributed by atoms with Gasteiger partial charge >= 0.3 is 5.97 Å². The molecule has 36 heavy (non-hydrogen) atoms. The summed E-state index contributed by atoms with van der Waals surface area (Å²) in [5.41, 5.74) is 3.28. The molecule has 0 aliphatic carbocycles. The Hall–Kier alpha value is -3.55. The van der Waals surface area contributed by atoms with Crippen LogP contribution in [0.2, 0.25) is 10.0 Å². The van der Waals surface area contributed by atoms with E-state index in [0.717, 1.165) is 11.3 Å². The highest BCUT2D eigenvalue weighted by Gasteiger charge is 2.12. The molecule has 7 nitrogen and oxygen atoms in total. The maximum atomic E-state index is 12.2. The summed E-state index contributed by atoms with van der Waals surface area (Å²) < 4.78 is 10.8. The number of carbonyl (C=O) groups is 3. The molecule has 0 aromatic heterocycles. The van der Waals surface area contributed by atoms with Gasteiger partial charge in [0, 0.05) is 18.5 Å². The smallest absolute Gasteiger partial charge is 0.306 e. The quantitative estimate of drug-likeness (QED) is 0.285. The van der Waals surface area contributed by atoms with Gasteiger partial charge in [-0.15, -0.1) is 0 Å². The lowest BCUT2D eigenvalue weighted by molar-refractivity contribution is -0.147. The van der Waals surface area contributed by atoms with E-state index in [2.05, 4.69) is 10.6 Å². The van der Waals surface area contributed by atoms with Crippen molar-refractivity contribution < 1.29 is 23.9 Å². The lowest BCUT2D eigenvalue weighted by Crippen LogP contribution is -2.21. The number of ether oxygens (including phenoxy) is 2. The highest BCUT2D eigenvalue weighted by molar-refractivity contribution is 6.44. The van der Waals surface area contributed by atoms with E-state index in [1.165, 1.54) is 5.56 Å². The molecule has 0 aliphatic rings. The van der Waals surface area contributed by atoms with Crippen LogP contribution >= 0.6 is 23.2 Å². The minimum Gasteiger partial charge on any atom is -0.457 e. The number of halogens is 2. The molecule has 188 valence electrons. The number of carbonyl (C=O) groups excluding carboxylic acids is 3. The molecular weight excluding hydrogens is 503 g/mol. The summed E-state index contributed by atoms with van der Waals surface area (Å²) in [5, 5.41) is 5.80. The van der Waals surface area contributed by atoms with Crippen LogP contribution in [-0.4, -0.2) is 24.4 Å². The largest absolute Gasteiger partial charge is 0.457 e. The second kappa shape index (κ2) is 13.0. The van der Waals surface area contributed by atoms with Crippen LogP contribution in [0.1, 0.15) is 30.4 Å². The molecule has 0 bridgehead atoms. The Morgan fingerprint density at radius 3 is 2.25 bits per heavy atom. The molecule has 2 amide bonds. The van der Waals surface area contributed by atoms with Crippen LogP contribution in [-0.2, 0) is 19.1 Å². The van der Waals surface area contributed by atoms with E-state index in [-0.39, 0.29) is 30.2 Å². The molecule has 0 saturated carbocycles. The Labute approximate surface area is 219 Å². The van der Waals surface area contributed by atoms with Crippen LogP contribution in [0.3, 0.4) is 0 Å². The standard InChI is InChI=1S/C27H26Cl2N2O5/c1-17-9-12-21(15-18(17)2)36-20-13-10-19(11-14-20)30-24(32)7-4-8-26(34)35-16-25(33)31-23-6-3-5-22(28)27(23)29/h3,5-6,9-15H,4,7-8,16H2,1-2H3,(H,30,32)(H,31,33). The molecule has 0 atom stereocenters. The van der Waals surface area contributed by atoms with E-state index in [1.807, 2.05) is 32.0 Å². The van der Waals surface area contributed by atoms with Gasteiger partial charge in [0.1, 0.15) is 11.5 Å². The van der Waals surface area contributed by atoms with Crippen molar-refractivity contribution in [2.24, 2.45) is 0 Å². The van der Waals surface area contributed by atoms with E-state index < -0.39 is 18.5 Å². The number of hydrogen-bond acceptors (Lipinski definition) is 5. The van der Waals surface area contributed by atoms with Crippen molar-refractivity contribution in [2.45, 2.75) is 33.1 Å². The summed E-state index contributed by atoms with van der Waals surface area (Å²) in [5.74, 6) is 0.0327. The van der Waals surface area contributed by atoms with Gasteiger partial charge in [0.25, 0.3) is 5.91 Å². The van der Waals surface area contributed by atoms with Crippen LogP contribution in [0, 0.1) is 13.8 Å². The Morgan fingerprint density at radius 1 is 0.806 bits per heavy atom. The maximum Gasteiger partial charge on any atom is 0.306 e. The highest BCUT2D eigenvalue weighted by Crippen LogP contribution is 2.29. The van der Waals surface area contributed by atoms with Gasteiger partial charge < -0.3 is 20.1 Å². The van der Waals surface area contributed by atoms with Crippen molar-refractivity contribution in [3.8, 4) is 11.5 Å². The first-order valence-electron chi connectivity index (χ1n) is 11.3. The maximum absolute atomic E-state index is 12.2. The van der Waals surface area contributed by atoms with Gasteiger partial charge in [0.2, 0.25) is 5.91 Å². The molecule has 9 heteroatoms. The third-order valence-corrected chi connectivity index (χ3v) is 6.05. The molecule has 0 spiro atoms. The van der Waals surface area contributed by atoms with E-state index in [4.69, 9.17) is 32.7 Å². The van der Waals surface area contributed by atoms with Crippen molar-refractivity contribution >= 4 is 52.4 Å². The number of aryl methyl sites for hydroxylation is 2. The zero-order valence-electron chi connectivity index (χ0n) is 19.9. The molecule has 2 N–H and O–H groups in total. The average Bonchev–Trinajstić information content (AvgIpc) is 2.84. The zero-order valence-corrected chi connectivity index (χ0v) is 21.4. The van der Waals surface area contributed by atoms with E-state index >= 15 is 0 Å². The topological polar surface area (TPSA) is 93.7 Å². The van der Waals surface area contributed by atoms with Gasteiger partial charge in [-0.2, -0.15) is 0 Å². The third kappa shape index (κ3) is 8.29. The lowest BCUT2D eigenvalue weighted by atomic mass is 10.1. The van der Waals surface area contributed by atoms with E-state index in [0.29, 0.717) is 22.1 Å². The summed E-state index contributed by atoms with van der Waals surface area (Å²) in [6, 6.07) is 17.7. The number of hydrogen-bond donors (Lipinski definition) is 2. The summed E-state index contributed by atoms with van der Waals surface area (Å²) in [6.45, 7) is 3.60. The van der Waals surface area contributed by atoms with E-state index in [1.54, 1.807) is 42.5 Å². The first-order valence-corrected chi connectivity index (χ1v) is 12.0. The fourth-order valence-corrected chi connectivity index (χ4v) is 3.49. The molecule has 3 aromatic carbocycles. The van der Waals surface area contributed by atoms with Gasteiger partial charge in [0.15, 0.2) is 6.61 Å².